The number of aryl methyl sites for hydroxylation is 1. The van der Waals surface area contributed by atoms with Crippen LogP contribution in [0.15, 0.2) is 48.7 Å². The Morgan fingerprint density at radius 1 is 1.10 bits per heavy atom. The van der Waals surface area contributed by atoms with Crippen molar-refractivity contribution in [3.05, 3.63) is 59.2 Å². The number of hydrogen-bond acceptors (Lipinski definition) is 4. The van der Waals surface area contributed by atoms with Crippen molar-refractivity contribution in [1.29, 1.82) is 0 Å². The second-order valence-electron chi connectivity index (χ2n) is 7.33. The van der Waals surface area contributed by atoms with Crippen LogP contribution in [0.3, 0.4) is 0 Å². The van der Waals surface area contributed by atoms with Gasteiger partial charge in [0.1, 0.15) is 5.75 Å². The van der Waals surface area contributed by atoms with Gasteiger partial charge in [0.15, 0.2) is 0 Å². The number of amides is 1. The van der Waals surface area contributed by atoms with Crippen molar-refractivity contribution in [2.75, 3.05) is 33.3 Å². The molecule has 3 aromatic rings. The summed E-state index contributed by atoms with van der Waals surface area (Å²) in [5.74, 6) is 0.998. The zero-order chi connectivity index (χ0) is 20.2. The summed E-state index contributed by atoms with van der Waals surface area (Å²) in [6.07, 6.45) is 2.28. The Morgan fingerprint density at radius 3 is 2.59 bits per heavy atom. The Bertz CT molecular complexity index is 978. The molecule has 0 radical (unpaired) electrons. The molecule has 1 amide bonds. The van der Waals surface area contributed by atoms with E-state index in [4.69, 9.17) is 16.3 Å². The summed E-state index contributed by atoms with van der Waals surface area (Å²) in [5, 5.41) is 6.20. The summed E-state index contributed by atoms with van der Waals surface area (Å²) in [5.41, 5.74) is 2.27. The van der Waals surface area contributed by atoms with E-state index in [1.54, 1.807) is 7.11 Å². The van der Waals surface area contributed by atoms with Crippen molar-refractivity contribution in [3.8, 4) is 5.75 Å². The van der Waals surface area contributed by atoms with E-state index >= 15 is 0 Å². The van der Waals surface area contributed by atoms with E-state index in [0.29, 0.717) is 13.0 Å². The third kappa shape index (κ3) is 4.71. The van der Waals surface area contributed by atoms with Crippen LogP contribution in [0.5, 0.6) is 5.75 Å². The summed E-state index contributed by atoms with van der Waals surface area (Å²) in [6.45, 7) is 4.78. The van der Waals surface area contributed by atoms with Gasteiger partial charge in [-0.1, -0.05) is 23.7 Å². The molecule has 6 nitrogen and oxygen atoms in total. The molecule has 152 valence electrons. The number of benzene rings is 2. The van der Waals surface area contributed by atoms with Crippen LogP contribution in [-0.4, -0.2) is 58.8 Å². The average molecular weight is 413 g/mol. The van der Waals surface area contributed by atoms with Crippen LogP contribution in [0.2, 0.25) is 5.02 Å². The Balaban J connectivity index is 1.27. The number of carbonyl (C=O) groups is 1. The second kappa shape index (κ2) is 8.84. The molecule has 0 aliphatic carbocycles. The van der Waals surface area contributed by atoms with Gasteiger partial charge in [-0.15, -0.1) is 0 Å². The summed E-state index contributed by atoms with van der Waals surface area (Å²) < 4.78 is 7.15. The molecule has 0 spiro atoms. The largest absolute Gasteiger partial charge is 0.497 e. The average Bonchev–Trinajstić information content (AvgIpc) is 3.16. The minimum atomic E-state index is 0.188. The number of methoxy groups -OCH3 is 1. The standard InChI is InChI=1S/C22H25ClN4O2/c1-29-20-6-7-21-18(14-20)15-24-27(21)9-8-22(28)26-12-10-25(11-13-26)16-17-2-4-19(23)5-3-17/h2-7,14-15H,8-13,16H2,1H3. The Hall–Kier alpha value is -2.57. The normalized spacial score (nSPS) is 15.0. The van der Waals surface area contributed by atoms with E-state index in [2.05, 4.69) is 22.1 Å². The van der Waals surface area contributed by atoms with Crippen molar-refractivity contribution in [1.82, 2.24) is 19.6 Å². The molecular formula is C22H25ClN4O2. The van der Waals surface area contributed by atoms with Crippen LogP contribution in [0.1, 0.15) is 12.0 Å². The van der Waals surface area contributed by atoms with Gasteiger partial charge in [0.05, 0.1) is 25.4 Å². The number of aromatic nitrogens is 2. The topological polar surface area (TPSA) is 50.6 Å². The minimum absolute atomic E-state index is 0.188. The first-order chi connectivity index (χ1) is 14.1. The molecule has 0 unspecified atom stereocenters. The van der Waals surface area contributed by atoms with Crippen LogP contribution in [-0.2, 0) is 17.9 Å². The monoisotopic (exact) mass is 412 g/mol. The lowest BCUT2D eigenvalue weighted by atomic mass is 10.2. The number of fused-ring (bicyclic) bond motifs is 1. The molecule has 2 aromatic carbocycles. The fourth-order valence-corrected chi connectivity index (χ4v) is 3.86. The van der Waals surface area contributed by atoms with Crippen molar-refractivity contribution in [2.24, 2.45) is 0 Å². The van der Waals surface area contributed by atoms with Gasteiger partial charge in [0, 0.05) is 49.6 Å². The van der Waals surface area contributed by atoms with Crippen LogP contribution < -0.4 is 4.74 Å². The molecule has 1 aliphatic heterocycles. The van der Waals surface area contributed by atoms with Crippen molar-refractivity contribution < 1.29 is 9.53 Å². The first-order valence-electron chi connectivity index (χ1n) is 9.86. The molecule has 0 atom stereocenters. The van der Waals surface area contributed by atoms with Gasteiger partial charge < -0.3 is 9.64 Å². The molecule has 1 aliphatic rings. The maximum Gasteiger partial charge on any atom is 0.224 e. The van der Waals surface area contributed by atoms with E-state index in [0.717, 1.165) is 54.4 Å². The quantitative estimate of drug-likeness (QED) is 0.622. The van der Waals surface area contributed by atoms with Crippen LogP contribution in [0, 0.1) is 0 Å². The van der Waals surface area contributed by atoms with Gasteiger partial charge in [0.2, 0.25) is 5.91 Å². The molecule has 1 aromatic heterocycles. The number of carbonyl (C=O) groups excluding carboxylic acids is 1. The maximum atomic E-state index is 12.7. The predicted molar refractivity (Wildman–Crippen MR) is 114 cm³/mol. The fraction of sp³-hybridized carbons (Fsp3) is 0.364. The lowest BCUT2D eigenvalue weighted by Gasteiger charge is -2.34. The molecule has 0 saturated carbocycles. The Morgan fingerprint density at radius 2 is 1.86 bits per heavy atom. The molecule has 4 rings (SSSR count). The Kier molecular flexibility index (Phi) is 6.02. The summed E-state index contributed by atoms with van der Waals surface area (Å²) in [6, 6.07) is 13.8. The Labute approximate surface area is 175 Å². The summed E-state index contributed by atoms with van der Waals surface area (Å²) in [4.78, 5) is 17.0. The molecule has 29 heavy (non-hydrogen) atoms. The molecule has 2 heterocycles. The maximum absolute atomic E-state index is 12.7. The minimum Gasteiger partial charge on any atom is -0.497 e. The smallest absolute Gasteiger partial charge is 0.224 e. The van der Waals surface area contributed by atoms with Gasteiger partial charge in [-0.25, -0.2) is 0 Å². The van der Waals surface area contributed by atoms with E-state index in [1.807, 2.05) is 46.1 Å². The number of piperazine rings is 1. The summed E-state index contributed by atoms with van der Waals surface area (Å²) >= 11 is 5.95. The molecule has 7 heteroatoms. The van der Waals surface area contributed by atoms with Crippen molar-refractivity contribution in [3.63, 3.8) is 0 Å². The second-order valence-corrected chi connectivity index (χ2v) is 7.76. The zero-order valence-electron chi connectivity index (χ0n) is 16.6. The number of ether oxygens (including phenoxy) is 1. The molecule has 1 fully saturated rings. The highest BCUT2D eigenvalue weighted by atomic mass is 35.5. The van der Waals surface area contributed by atoms with Gasteiger partial charge >= 0.3 is 0 Å². The van der Waals surface area contributed by atoms with Gasteiger partial charge in [0.25, 0.3) is 0 Å². The lowest BCUT2D eigenvalue weighted by Crippen LogP contribution is -2.48. The SMILES string of the molecule is COc1ccc2c(cnn2CCC(=O)N2CCN(Cc3ccc(Cl)cc3)CC2)c1. The predicted octanol–water partition coefficient (Wildman–Crippen LogP) is 3.43. The van der Waals surface area contributed by atoms with Gasteiger partial charge in [-0.3, -0.25) is 14.4 Å². The molecule has 1 saturated heterocycles. The van der Waals surface area contributed by atoms with Crippen molar-refractivity contribution in [2.45, 2.75) is 19.5 Å². The zero-order valence-corrected chi connectivity index (χ0v) is 17.3. The molecule has 0 bridgehead atoms. The fourth-order valence-electron chi connectivity index (χ4n) is 3.73. The van der Waals surface area contributed by atoms with E-state index in [1.165, 1.54) is 5.56 Å². The molecule has 0 N–H and O–H groups in total. The third-order valence-corrected chi connectivity index (χ3v) is 5.68. The highest BCUT2D eigenvalue weighted by Crippen LogP contribution is 2.21. The van der Waals surface area contributed by atoms with E-state index in [9.17, 15) is 4.79 Å². The van der Waals surface area contributed by atoms with Gasteiger partial charge in [-0.05, 0) is 35.9 Å². The first-order valence-corrected chi connectivity index (χ1v) is 10.2. The summed E-state index contributed by atoms with van der Waals surface area (Å²) in [7, 11) is 1.65. The van der Waals surface area contributed by atoms with E-state index in [-0.39, 0.29) is 5.91 Å². The number of nitrogens with zero attached hydrogens (tertiary/aromatic N) is 4. The van der Waals surface area contributed by atoms with Crippen LogP contribution >= 0.6 is 11.6 Å². The van der Waals surface area contributed by atoms with Crippen LogP contribution in [0.25, 0.3) is 10.9 Å². The first kappa shape index (κ1) is 19.7. The number of halogens is 1. The van der Waals surface area contributed by atoms with E-state index < -0.39 is 0 Å². The lowest BCUT2D eigenvalue weighted by molar-refractivity contribution is -0.133. The highest BCUT2D eigenvalue weighted by Gasteiger charge is 2.21. The molecular weight excluding hydrogens is 388 g/mol. The van der Waals surface area contributed by atoms with Gasteiger partial charge in [-0.2, -0.15) is 5.10 Å². The van der Waals surface area contributed by atoms with Crippen LogP contribution in [0.4, 0.5) is 0 Å². The third-order valence-electron chi connectivity index (χ3n) is 5.43. The number of rotatable bonds is 6. The highest BCUT2D eigenvalue weighted by molar-refractivity contribution is 6.30. The van der Waals surface area contributed by atoms with Crippen molar-refractivity contribution >= 4 is 28.4 Å². The number of hydrogen-bond donors (Lipinski definition) is 0.